The summed E-state index contributed by atoms with van der Waals surface area (Å²) in [6.45, 7) is 4.58. The lowest BCUT2D eigenvalue weighted by Gasteiger charge is -2.66. The number of hydrogen-bond donors (Lipinski definition) is 2. The monoisotopic (exact) mass is 385 g/mol. The van der Waals surface area contributed by atoms with E-state index in [1.807, 2.05) is 0 Å². The second kappa shape index (κ2) is 5.82. The zero-order chi connectivity index (χ0) is 19.9. The van der Waals surface area contributed by atoms with Crippen molar-refractivity contribution < 1.29 is 15.0 Å². The molecule has 0 spiro atoms. The molecule has 5 aliphatic carbocycles. The number of carbonyl (C=O) groups is 1. The molecule has 0 aromatic rings. The predicted molar refractivity (Wildman–Crippen MR) is 105 cm³/mol. The van der Waals surface area contributed by atoms with Gasteiger partial charge in [0, 0.05) is 24.7 Å². The Balaban J connectivity index is 1.52. The van der Waals surface area contributed by atoms with Gasteiger partial charge in [0.1, 0.15) is 5.78 Å². The molecule has 0 bridgehead atoms. The Morgan fingerprint density at radius 2 is 1.82 bits per heavy atom. The Bertz CT molecular complexity index is 745. The first-order valence-corrected chi connectivity index (χ1v) is 11.5. The molecule has 5 unspecified atom stereocenters. The van der Waals surface area contributed by atoms with Gasteiger partial charge in [0.2, 0.25) is 0 Å². The zero-order valence-electron chi connectivity index (χ0n) is 17.4. The van der Waals surface area contributed by atoms with Crippen LogP contribution in [0.25, 0.3) is 0 Å². The third-order valence-electron chi connectivity index (χ3n) is 10.7. The zero-order valence-corrected chi connectivity index (χ0v) is 17.4. The topological polar surface area (TPSA) is 81.3 Å². The van der Waals surface area contributed by atoms with Crippen molar-refractivity contribution in [1.29, 1.82) is 5.26 Å². The molecule has 5 saturated carbocycles. The maximum atomic E-state index is 12.2. The van der Waals surface area contributed by atoms with Crippen LogP contribution in [0.2, 0.25) is 0 Å². The molecule has 0 amide bonds. The molecule has 28 heavy (non-hydrogen) atoms. The summed E-state index contributed by atoms with van der Waals surface area (Å²) in [6, 6.07) is 2.25. The van der Waals surface area contributed by atoms with Crippen molar-refractivity contribution in [2.24, 2.45) is 40.4 Å². The first-order valence-electron chi connectivity index (χ1n) is 11.5. The van der Waals surface area contributed by atoms with Crippen LogP contribution in [0.3, 0.4) is 0 Å². The minimum absolute atomic E-state index is 0.118. The fourth-order valence-electron chi connectivity index (χ4n) is 9.00. The van der Waals surface area contributed by atoms with E-state index in [2.05, 4.69) is 19.9 Å². The van der Waals surface area contributed by atoms with Crippen LogP contribution in [0, 0.1) is 51.8 Å². The lowest BCUT2D eigenvalue weighted by Crippen LogP contribution is -2.66. The Morgan fingerprint density at radius 1 is 1.07 bits per heavy atom. The van der Waals surface area contributed by atoms with Gasteiger partial charge in [-0.25, -0.2) is 0 Å². The van der Waals surface area contributed by atoms with Gasteiger partial charge in [0.05, 0.1) is 17.3 Å². The number of rotatable bonds is 2. The molecule has 0 aromatic heterocycles. The van der Waals surface area contributed by atoms with Crippen LogP contribution in [0.1, 0.15) is 84.5 Å². The average molecular weight is 386 g/mol. The standard InChI is InChI=1S/C24H35NO3/c1-21-11-7-18-20(17(21)5-3-8-23(21,27)9-4-12-25)16-13-19(16)24(28)14-15(26)6-10-22(18,24)2/h16-20,27-28H,3-11,13-14H2,1-2H3/t16?,17?,18?,19?,20?,21-,22+,23+,24+/m0/s1. The molecular weight excluding hydrogens is 350 g/mol. The van der Waals surface area contributed by atoms with Gasteiger partial charge in [-0.15, -0.1) is 0 Å². The highest BCUT2D eigenvalue weighted by Gasteiger charge is 2.75. The van der Waals surface area contributed by atoms with E-state index in [1.165, 1.54) is 6.42 Å². The van der Waals surface area contributed by atoms with E-state index in [0.717, 1.165) is 38.5 Å². The minimum atomic E-state index is -0.798. The molecule has 154 valence electrons. The number of nitrogens with zero attached hydrogens (tertiary/aromatic N) is 1. The van der Waals surface area contributed by atoms with Crippen molar-refractivity contribution in [2.45, 2.75) is 95.7 Å². The van der Waals surface area contributed by atoms with Gasteiger partial charge in [-0.2, -0.15) is 5.26 Å². The molecule has 5 rings (SSSR count). The highest BCUT2D eigenvalue weighted by atomic mass is 16.3. The Hall–Kier alpha value is -0.920. The molecule has 4 heteroatoms. The van der Waals surface area contributed by atoms with Crippen molar-refractivity contribution >= 4 is 5.78 Å². The molecular formula is C24H35NO3. The summed E-state index contributed by atoms with van der Waals surface area (Å²) in [4.78, 5) is 12.2. The van der Waals surface area contributed by atoms with Crippen LogP contribution < -0.4 is 0 Å². The summed E-state index contributed by atoms with van der Waals surface area (Å²) < 4.78 is 0. The van der Waals surface area contributed by atoms with Crippen molar-refractivity contribution in [3.05, 3.63) is 0 Å². The number of ketones is 1. The van der Waals surface area contributed by atoms with Crippen LogP contribution in [0.4, 0.5) is 0 Å². The van der Waals surface area contributed by atoms with Gasteiger partial charge in [0.15, 0.2) is 0 Å². The summed E-state index contributed by atoms with van der Waals surface area (Å²) in [5, 5.41) is 32.6. The number of carbonyl (C=O) groups excluding carboxylic acids is 1. The lowest BCUT2D eigenvalue weighted by atomic mass is 9.40. The average Bonchev–Trinajstić information content (AvgIpc) is 3.45. The minimum Gasteiger partial charge on any atom is -0.389 e. The normalized spacial score (nSPS) is 57.2. The second-order valence-electron chi connectivity index (χ2n) is 11.4. The fraction of sp³-hybridized carbons (Fsp3) is 0.917. The largest absolute Gasteiger partial charge is 0.389 e. The van der Waals surface area contributed by atoms with E-state index >= 15 is 0 Å². The van der Waals surface area contributed by atoms with Crippen LogP contribution >= 0.6 is 0 Å². The molecule has 2 N–H and O–H groups in total. The van der Waals surface area contributed by atoms with E-state index in [1.54, 1.807) is 0 Å². The molecule has 5 aliphatic rings. The van der Waals surface area contributed by atoms with Gasteiger partial charge >= 0.3 is 0 Å². The maximum Gasteiger partial charge on any atom is 0.135 e. The molecule has 0 saturated heterocycles. The lowest BCUT2D eigenvalue weighted by molar-refractivity contribution is -0.241. The summed E-state index contributed by atoms with van der Waals surface area (Å²) in [7, 11) is 0. The molecule has 5 fully saturated rings. The molecule has 0 aromatic carbocycles. The summed E-state index contributed by atoms with van der Waals surface area (Å²) in [5.74, 6) is 2.56. The summed E-state index contributed by atoms with van der Waals surface area (Å²) in [5.41, 5.74) is -1.80. The highest BCUT2D eigenvalue weighted by molar-refractivity contribution is 5.81. The molecule has 0 heterocycles. The fourth-order valence-corrected chi connectivity index (χ4v) is 9.00. The second-order valence-corrected chi connectivity index (χ2v) is 11.4. The van der Waals surface area contributed by atoms with Gasteiger partial charge in [0.25, 0.3) is 0 Å². The molecule has 0 radical (unpaired) electrons. The quantitative estimate of drug-likeness (QED) is 0.753. The van der Waals surface area contributed by atoms with Gasteiger partial charge in [-0.1, -0.05) is 20.3 Å². The third kappa shape index (κ3) is 2.16. The Kier molecular flexibility index (Phi) is 3.97. The van der Waals surface area contributed by atoms with E-state index in [0.29, 0.717) is 49.4 Å². The number of hydrogen-bond acceptors (Lipinski definition) is 4. The van der Waals surface area contributed by atoms with Crippen LogP contribution in [0.15, 0.2) is 0 Å². The van der Waals surface area contributed by atoms with Crippen molar-refractivity contribution in [3.63, 3.8) is 0 Å². The van der Waals surface area contributed by atoms with Gasteiger partial charge in [-0.05, 0) is 80.0 Å². The van der Waals surface area contributed by atoms with Gasteiger partial charge in [-0.3, -0.25) is 4.79 Å². The number of nitriles is 1. The SMILES string of the molecule is C[C@]12CCC3C(C4CC4[C@]4(O)CC(=O)CC[C@]34C)C1CCC[C@@]2(O)CCC#N. The third-order valence-corrected chi connectivity index (χ3v) is 10.7. The van der Waals surface area contributed by atoms with Crippen molar-refractivity contribution in [1.82, 2.24) is 0 Å². The first kappa shape index (κ1) is 19.1. The Morgan fingerprint density at radius 3 is 2.57 bits per heavy atom. The van der Waals surface area contributed by atoms with Crippen LogP contribution in [-0.2, 0) is 4.79 Å². The van der Waals surface area contributed by atoms with Crippen molar-refractivity contribution in [3.8, 4) is 6.07 Å². The summed E-state index contributed by atoms with van der Waals surface area (Å²) in [6.07, 6.45) is 8.96. The smallest absolute Gasteiger partial charge is 0.135 e. The Labute approximate surface area is 168 Å². The highest BCUT2D eigenvalue weighted by Crippen LogP contribution is 2.76. The maximum absolute atomic E-state index is 12.2. The van der Waals surface area contributed by atoms with Gasteiger partial charge < -0.3 is 10.2 Å². The number of fused-ring (bicyclic) bond motifs is 8. The van der Waals surface area contributed by atoms with E-state index in [-0.39, 0.29) is 22.5 Å². The van der Waals surface area contributed by atoms with E-state index in [9.17, 15) is 15.0 Å². The van der Waals surface area contributed by atoms with Crippen molar-refractivity contribution in [2.75, 3.05) is 0 Å². The number of Topliss-reactive ketones (excluding diaryl/α,β-unsaturated/α-hetero) is 1. The molecule has 4 nitrogen and oxygen atoms in total. The molecule has 9 atom stereocenters. The van der Waals surface area contributed by atoms with Crippen LogP contribution in [0.5, 0.6) is 0 Å². The summed E-state index contributed by atoms with van der Waals surface area (Å²) >= 11 is 0. The number of aliphatic hydroxyl groups is 2. The van der Waals surface area contributed by atoms with Crippen LogP contribution in [-0.4, -0.2) is 27.2 Å². The molecule has 0 aliphatic heterocycles. The predicted octanol–water partition coefficient (Wildman–Crippen LogP) is 3.99. The van der Waals surface area contributed by atoms with E-state index < -0.39 is 11.2 Å². The van der Waals surface area contributed by atoms with E-state index in [4.69, 9.17) is 5.26 Å². The first-order chi connectivity index (χ1) is 13.2.